The van der Waals surface area contributed by atoms with Gasteiger partial charge < -0.3 is 29.9 Å². The maximum atomic E-state index is 14.2. The van der Waals surface area contributed by atoms with Crippen molar-refractivity contribution >= 4 is 57.5 Å². The summed E-state index contributed by atoms with van der Waals surface area (Å²) in [6, 6.07) is 24.6. The molecule has 0 unspecified atom stereocenters. The number of amides is 6. The normalized spacial score (nSPS) is 17.9. The van der Waals surface area contributed by atoms with E-state index in [0.717, 1.165) is 49.2 Å². The van der Waals surface area contributed by atoms with Gasteiger partial charge in [-0.25, -0.2) is 4.79 Å². The van der Waals surface area contributed by atoms with E-state index in [0.29, 0.717) is 70.0 Å². The Morgan fingerprint density at radius 1 is 0.949 bits per heavy atom. The van der Waals surface area contributed by atoms with Crippen LogP contribution in [0, 0.1) is 0 Å². The number of carbonyl (C=O) groups excluding carboxylic acids is 5. The summed E-state index contributed by atoms with van der Waals surface area (Å²) in [5, 5.41) is 20.2. The monoisotopic (exact) mass is 812 g/mol. The van der Waals surface area contributed by atoms with Crippen LogP contribution in [0.5, 0.6) is 11.5 Å². The summed E-state index contributed by atoms with van der Waals surface area (Å²) >= 11 is 1.46. The Hall–Kier alpha value is -6.25. The Labute approximate surface area is 345 Å². The first kappa shape index (κ1) is 38.3. The van der Waals surface area contributed by atoms with Crippen molar-refractivity contribution in [2.24, 2.45) is 0 Å². The van der Waals surface area contributed by atoms with Crippen LogP contribution < -0.4 is 20.3 Å². The molecular weight excluding hydrogens is 769 g/mol. The van der Waals surface area contributed by atoms with Gasteiger partial charge in [0.1, 0.15) is 24.1 Å². The number of phenols is 1. The van der Waals surface area contributed by atoms with Crippen LogP contribution in [0.25, 0.3) is 21.9 Å². The summed E-state index contributed by atoms with van der Waals surface area (Å²) in [4.78, 5) is 71.7. The van der Waals surface area contributed by atoms with Crippen molar-refractivity contribution < 1.29 is 33.8 Å². The highest BCUT2D eigenvalue weighted by molar-refractivity contribution is 7.10. The minimum absolute atomic E-state index is 0.0483. The molecule has 4 aliphatic heterocycles. The summed E-state index contributed by atoms with van der Waals surface area (Å²) in [5.74, 6) is 0.0285. The van der Waals surface area contributed by atoms with Crippen LogP contribution >= 0.6 is 11.3 Å². The van der Waals surface area contributed by atoms with E-state index < -0.39 is 11.9 Å². The number of piperidine rings is 1. The van der Waals surface area contributed by atoms with Crippen molar-refractivity contribution in [1.82, 2.24) is 25.3 Å². The van der Waals surface area contributed by atoms with Crippen LogP contribution in [0.3, 0.4) is 0 Å². The molecule has 4 aromatic carbocycles. The first-order valence-corrected chi connectivity index (χ1v) is 20.9. The Kier molecular flexibility index (Phi) is 10.3. The lowest BCUT2D eigenvalue weighted by Gasteiger charge is -2.48. The average molecular weight is 813 g/mol. The average Bonchev–Trinajstić information content (AvgIpc) is 3.77. The molecule has 3 N–H and O–H groups in total. The van der Waals surface area contributed by atoms with Crippen LogP contribution in [-0.2, 0) is 40.6 Å². The van der Waals surface area contributed by atoms with Crippen LogP contribution in [-0.4, -0.2) is 87.7 Å². The molecule has 0 radical (unpaired) electrons. The van der Waals surface area contributed by atoms with E-state index in [9.17, 15) is 29.1 Å². The van der Waals surface area contributed by atoms with Crippen molar-refractivity contribution in [3.05, 3.63) is 111 Å². The second-order valence-electron chi connectivity index (χ2n) is 15.5. The van der Waals surface area contributed by atoms with Gasteiger partial charge in [-0.1, -0.05) is 55.5 Å². The van der Waals surface area contributed by atoms with Gasteiger partial charge in [0.2, 0.25) is 17.7 Å². The topological polar surface area (TPSA) is 152 Å². The summed E-state index contributed by atoms with van der Waals surface area (Å²) in [7, 11) is 0. The third-order valence-corrected chi connectivity index (χ3v) is 12.8. The lowest BCUT2D eigenvalue weighted by Crippen LogP contribution is -2.65. The highest BCUT2D eigenvalue weighted by atomic mass is 32.1. The van der Waals surface area contributed by atoms with Crippen molar-refractivity contribution in [2.45, 2.75) is 64.5 Å². The lowest BCUT2D eigenvalue weighted by atomic mass is 9.94. The number of rotatable bonds is 12. The van der Waals surface area contributed by atoms with Gasteiger partial charge in [-0.15, -0.1) is 11.3 Å². The number of likely N-dealkylation sites (tertiary alicyclic amines) is 1. The second-order valence-corrected chi connectivity index (χ2v) is 16.5. The van der Waals surface area contributed by atoms with Gasteiger partial charge in [0.05, 0.1) is 17.3 Å². The van der Waals surface area contributed by atoms with Crippen LogP contribution in [0.1, 0.15) is 58.1 Å². The van der Waals surface area contributed by atoms with E-state index in [1.54, 1.807) is 21.9 Å². The predicted octanol–water partition coefficient (Wildman–Crippen LogP) is 5.77. The molecule has 2 fully saturated rings. The van der Waals surface area contributed by atoms with Crippen molar-refractivity contribution in [3.8, 4) is 22.6 Å². The number of nitrogens with one attached hydrogen (secondary N) is 2. The largest absolute Gasteiger partial charge is 0.508 e. The number of anilines is 1. The van der Waals surface area contributed by atoms with E-state index in [2.05, 4.69) is 28.8 Å². The standard InChI is InChI=1S/C45H44N6O7S/c1-2-42(54)48-22-31(23-48)50-21-30-10-9-29(35-19-32(52)17-28-5-3-4-6-34(28)35)18-39(30)49(45(50)57)16-15-46-20-27-7-11-33(12-8-27)58-25-40-36-24-51(44(56)37(36)26-59-40)38-13-14-41(53)47-43(38)55/h3-12,17-19,26,31,38,46,52H,2,13-16,20-25H2,1H3,(H,47,53,55)/t38-/m0/s1. The number of thiophene rings is 1. The number of hydrogen-bond donors (Lipinski definition) is 3. The minimum atomic E-state index is -0.652. The zero-order valence-electron chi connectivity index (χ0n) is 32.6. The molecule has 5 heterocycles. The van der Waals surface area contributed by atoms with Gasteiger partial charge in [0, 0.05) is 74.5 Å². The molecule has 6 amide bonds. The Bertz CT molecular complexity index is 2500. The molecule has 0 bridgehead atoms. The van der Waals surface area contributed by atoms with E-state index >= 15 is 0 Å². The number of aromatic hydroxyl groups is 1. The number of benzene rings is 4. The van der Waals surface area contributed by atoms with Crippen molar-refractivity contribution in [1.29, 1.82) is 0 Å². The van der Waals surface area contributed by atoms with Crippen molar-refractivity contribution in [3.63, 3.8) is 0 Å². The predicted molar refractivity (Wildman–Crippen MR) is 223 cm³/mol. The Morgan fingerprint density at radius 3 is 2.56 bits per heavy atom. The maximum absolute atomic E-state index is 14.2. The van der Waals surface area contributed by atoms with Crippen LogP contribution in [0.2, 0.25) is 0 Å². The molecular formula is C45H44N6O7S. The van der Waals surface area contributed by atoms with Gasteiger partial charge in [-0.2, -0.15) is 0 Å². The maximum Gasteiger partial charge on any atom is 0.325 e. The zero-order chi connectivity index (χ0) is 40.8. The third kappa shape index (κ3) is 7.38. The van der Waals surface area contributed by atoms with E-state index in [4.69, 9.17) is 4.74 Å². The zero-order valence-corrected chi connectivity index (χ0v) is 33.4. The fourth-order valence-corrected chi connectivity index (χ4v) is 9.49. The molecule has 5 aromatic rings. The Balaban J connectivity index is 0.843. The highest BCUT2D eigenvalue weighted by Crippen LogP contribution is 2.39. The number of hydrogen-bond acceptors (Lipinski definition) is 9. The number of urea groups is 1. The van der Waals surface area contributed by atoms with E-state index in [1.807, 2.05) is 70.6 Å². The molecule has 4 aliphatic rings. The van der Waals surface area contributed by atoms with E-state index in [1.165, 1.54) is 11.3 Å². The number of phenolic OH excluding ortho intramolecular Hbond substituents is 1. The molecule has 2 saturated heterocycles. The molecule has 59 heavy (non-hydrogen) atoms. The fourth-order valence-electron chi connectivity index (χ4n) is 8.54. The van der Waals surface area contributed by atoms with Gasteiger partial charge in [-0.3, -0.25) is 29.4 Å². The number of carbonyl (C=O) groups is 5. The molecule has 0 spiro atoms. The van der Waals surface area contributed by atoms with Crippen LogP contribution in [0.4, 0.5) is 10.5 Å². The third-order valence-electron chi connectivity index (χ3n) is 11.8. The number of nitrogens with zero attached hydrogens (tertiary/aromatic N) is 4. The molecule has 14 heteroatoms. The SMILES string of the molecule is CCC(=O)N1CC(N2Cc3ccc(-c4cc(O)cc5ccccc45)cc3N(CCNCc3ccc(OCc4scc5c4CN([C@H]4CCC(=O)NC4=O)C5=O)cc3)C2=O)C1. The van der Waals surface area contributed by atoms with Gasteiger partial charge in [-0.05, 0) is 69.8 Å². The van der Waals surface area contributed by atoms with Gasteiger partial charge in [0.15, 0.2) is 0 Å². The summed E-state index contributed by atoms with van der Waals surface area (Å²) in [5.41, 5.74) is 6.16. The summed E-state index contributed by atoms with van der Waals surface area (Å²) < 4.78 is 6.12. The molecule has 0 aliphatic carbocycles. The fraction of sp³-hybridized carbons (Fsp3) is 0.311. The molecule has 1 atom stereocenters. The van der Waals surface area contributed by atoms with Crippen LogP contribution in [0.15, 0.2) is 84.2 Å². The summed E-state index contributed by atoms with van der Waals surface area (Å²) in [6.07, 6.45) is 0.978. The first-order valence-electron chi connectivity index (χ1n) is 20.0. The van der Waals surface area contributed by atoms with Gasteiger partial charge >= 0.3 is 6.03 Å². The summed E-state index contributed by atoms with van der Waals surface area (Å²) in [6.45, 7) is 5.50. The quantitative estimate of drug-likeness (QED) is 0.106. The number of imide groups is 1. The molecule has 13 nitrogen and oxygen atoms in total. The smallest absolute Gasteiger partial charge is 0.325 e. The molecule has 1 aromatic heterocycles. The Morgan fingerprint density at radius 2 is 1.76 bits per heavy atom. The molecule has 302 valence electrons. The first-order chi connectivity index (χ1) is 28.6. The van der Waals surface area contributed by atoms with Crippen molar-refractivity contribution in [2.75, 3.05) is 31.1 Å². The molecule has 0 saturated carbocycles. The second kappa shape index (κ2) is 15.8. The highest BCUT2D eigenvalue weighted by Gasteiger charge is 2.42. The number of ether oxygens (including phenoxy) is 1. The molecule has 9 rings (SSSR count). The minimum Gasteiger partial charge on any atom is -0.508 e. The number of fused-ring (bicyclic) bond motifs is 3. The lowest BCUT2D eigenvalue weighted by molar-refractivity contribution is -0.138. The van der Waals surface area contributed by atoms with Gasteiger partial charge in [0.25, 0.3) is 5.91 Å². The van der Waals surface area contributed by atoms with E-state index in [-0.39, 0.29) is 48.6 Å².